The fourth-order valence-corrected chi connectivity index (χ4v) is 2.76. The van der Waals surface area contributed by atoms with Crippen molar-refractivity contribution >= 4 is 17.6 Å². The lowest BCUT2D eigenvalue weighted by molar-refractivity contribution is -0.384. The minimum atomic E-state index is -1.07. The van der Waals surface area contributed by atoms with E-state index in [1.165, 1.54) is 34.4 Å². The highest BCUT2D eigenvalue weighted by Crippen LogP contribution is 2.26. The molecule has 24 heavy (non-hydrogen) atoms. The average Bonchev–Trinajstić information content (AvgIpc) is 3.24. The van der Waals surface area contributed by atoms with Crippen LogP contribution >= 0.6 is 0 Å². The van der Waals surface area contributed by atoms with E-state index in [0.717, 1.165) is 6.07 Å². The smallest absolute Gasteiger partial charge is 0.326 e. The summed E-state index contributed by atoms with van der Waals surface area (Å²) in [6.45, 7) is 0.314. The molecule has 2 aromatic rings. The molecule has 1 fully saturated rings. The van der Waals surface area contributed by atoms with Gasteiger partial charge in [-0.05, 0) is 25.0 Å². The van der Waals surface area contributed by atoms with Gasteiger partial charge in [-0.15, -0.1) is 0 Å². The number of likely N-dealkylation sites (tertiary alicyclic amines) is 1. The van der Waals surface area contributed by atoms with Crippen LogP contribution in [-0.2, 0) is 4.79 Å². The number of nitro benzene ring substituents is 1. The zero-order valence-corrected chi connectivity index (χ0v) is 12.4. The lowest BCUT2D eigenvalue weighted by Gasteiger charge is -2.21. The molecule has 1 saturated heterocycles. The summed E-state index contributed by atoms with van der Waals surface area (Å²) in [6.07, 6.45) is 3.51. The SMILES string of the molecule is O=C(O)[C@@H]1CCCN1C(=O)c1ccc(-n2cncn2)c([N+](=O)[O-])c1. The standard InChI is InChI=1S/C14H13N5O5/c20-13(17-5-1-2-11(17)14(21)22)9-3-4-10(12(6-9)19(23)24)18-8-15-7-16-18/h3-4,6-8,11H,1-2,5H2,(H,21,22)/t11-/m0/s1. The third-order valence-corrected chi connectivity index (χ3v) is 3.88. The first-order chi connectivity index (χ1) is 11.5. The van der Waals surface area contributed by atoms with Crippen molar-refractivity contribution in [2.45, 2.75) is 18.9 Å². The Kier molecular flexibility index (Phi) is 3.94. The Morgan fingerprint density at radius 2 is 2.17 bits per heavy atom. The first kappa shape index (κ1) is 15.6. The minimum Gasteiger partial charge on any atom is -0.480 e. The molecule has 1 aromatic heterocycles. The molecule has 0 bridgehead atoms. The Labute approximate surface area is 135 Å². The van der Waals surface area contributed by atoms with Crippen molar-refractivity contribution < 1.29 is 19.6 Å². The second-order valence-electron chi connectivity index (χ2n) is 5.30. The minimum absolute atomic E-state index is 0.0683. The monoisotopic (exact) mass is 331 g/mol. The molecule has 1 N–H and O–H groups in total. The third kappa shape index (κ3) is 2.69. The van der Waals surface area contributed by atoms with Crippen LogP contribution in [0.4, 0.5) is 5.69 Å². The van der Waals surface area contributed by atoms with Crippen molar-refractivity contribution in [2.24, 2.45) is 0 Å². The van der Waals surface area contributed by atoms with E-state index in [1.54, 1.807) is 0 Å². The van der Waals surface area contributed by atoms with Crippen LogP contribution < -0.4 is 0 Å². The number of carbonyl (C=O) groups is 2. The fraction of sp³-hybridized carbons (Fsp3) is 0.286. The van der Waals surface area contributed by atoms with Gasteiger partial charge < -0.3 is 10.0 Å². The molecule has 1 atom stereocenters. The number of hydrogen-bond acceptors (Lipinski definition) is 6. The molecular weight excluding hydrogens is 318 g/mol. The summed E-state index contributed by atoms with van der Waals surface area (Å²) in [5, 5.41) is 24.3. The molecule has 0 unspecified atom stereocenters. The summed E-state index contributed by atoms with van der Waals surface area (Å²) in [5.74, 6) is -1.61. The molecule has 0 radical (unpaired) electrons. The molecule has 124 valence electrons. The summed E-state index contributed by atoms with van der Waals surface area (Å²) in [7, 11) is 0. The maximum absolute atomic E-state index is 12.5. The van der Waals surface area contributed by atoms with E-state index in [1.807, 2.05) is 0 Å². The Hall–Kier alpha value is -3.30. The summed E-state index contributed by atoms with van der Waals surface area (Å²) < 4.78 is 1.22. The zero-order valence-electron chi connectivity index (χ0n) is 12.4. The average molecular weight is 331 g/mol. The number of nitro groups is 1. The van der Waals surface area contributed by atoms with E-state index < -0.39 is 22.8 Å². The van der Waals surface area contributed by atoms with Crippen molar-refractivity contribution in [3.8, 4) is 5.69 Å². The molecule has 0 spiro atoms. The van der Waals surface area contributed by atoms with Gasteiger partial charge in [0.05, 0.1) is 4.92 Å². The molecule has 2 heterocycles. The zero-order chi connectivity index (χ0) is 17.3. The Balaban J connectivity index is 1.97. The molecule has 3 rings (SSSR count). The molecule has 1 amide bonds. The van der Waals surface area contributed by atoms with E-state index in [4.69, 9.17) is 0 Å². The molecule has 1 aromatic carbocycles. The molecule has 10 heteroatoms. The second kappa shape index (κ2) is 6.07. The molecule has 0 aliphatic carbocycles. The quantitative estimate of drug-likeness (QED) is 0.649. The maximum Gasteiger partial charge on any atom is 0.326 e. The highest BCUT2D eigenvalue weighted by molar-refractivity contribution is 5.97. The van der Waals surface area contributed by atoms with Crippen LogP contribution in [0.3, 0.4) is 0 Å². The van der Waals surface area contributed by atoms with Gasteiger partial charge in [-0.1, -0.05) is 0 Å². The Morgan fingerprint density at radius 1 is 1.38 bits per heavy atom. The summed E-state index contributed by atoms with van der Waals surface area (Å²) in [6, 6.07) is 3.05. The molecule has 0 saturated carbocycles. The highest BCUT2D eigenvalue weighted by atomic mass is 16.6. The van der Waals surface area contributed by atoms with E-state index >= 15 is 0 Å². The van der Waals surface area contributed by atoms with E-state index in [9.17, 15) is 24.8 Å². The van der Waals surface area contributed by atoms with Crippen LogP contribution in [0.1, 0.15) is 23.2 Å². The number of nitrogens with zero attached hydrogens (tertiary/aromatic N) is 5. The van der Waals surface area contributed by atoms with E-state index in [0.29, 0.717) is 19.4 Å². The lowest BCUT2D eigenvalue weighted by atomic mass is 10.1. The van der Waals surface area contributed by atoms with Crippen LogP contribution in [0, 0.1) is 10.1 Å². The van der Waals surface area contributed by atoms with Crippen molar-refractivity contribution in [3.63, 3.8) is 0 Å². The Morgan fingerprint density at radius 3 is 2.79 bits per heavy atom. The first-order valence-corrected chi connectivity index (χ1v) is 7.16. The van der Waals surface area contributed by atoms with Gasteiger partial charge in [0.1, 0.15) is 24.4 Å². The maximum atomic E-state index is 12.5. The number of aliphatic carboxylic acids is 1. The molecular formula is C14H13N5O5. The number of rotatable bonds is 4. The number of carboxylic acids is 1. The fourth-order valence-electron chi connectivity index (χ4n) is 2.76. The van der Waals surface area contributed by atoms with E-state index in [-0.39, 0.29) is 16.9 Å². The van der Waals surface area contributed by atoms with Gasteiger partial charge in [0.25, 0.3) is 11.6 Å². The highest BCUT2D eigenvalue weighted by Gasteiger charge is 2.35. The molecule has 1 aliphatic heterocycles. The van der Waals surface area contributed by atoms with Gasteiger partial charge in [0, 0.05) is 18.2 Å². The van der Waals surface area contributed by atoms with Crippen LogP contribution in [0.15, 0.2) is 30.9 Å². The van der Waals surface area contributed by atoms with Crippen molar-refractivity contribution in [1.82, 2.24) is 19.7 Å². The van der Waals surface area contributed by atoms with Gasteiger partial charge >= 0.3 is 5.97 Å². The number of carboxylic acid groups (broad SMARTS) is 1. The predicted molar refractivity (Wildman–Crippen MR) is 79.7 cm³/mol. The summed E-state index contributed by atoms with van der Waals surface area (Å²) >= 11 is 0. The number of amides is 1. The second-order valence-corrected chi connectivity index (χ2v) is 5.30. The lowest BCUT2D eigenvalue weighted by Crippen LogP contribution is -2.40. The van der Waals surface area contributed by atoms with Gasteiger partial charge in [-0.25, -0.2) is 14.5 Å². The van der Waals surface area contributed by atoms with Crippen LogP contribution in [0.5, 0.6) is 0 Å². The summed E-state index contributed by atoms with van der Waals surface area (Å²) in [5.41, 5.74) is -0.0682. The topological polar surface area (TPSA) is 131 Å². The van der Waals surface area contributed by atoms with Gasteiger partial charge in [0.2, 0.25) is 0 Å². The van der Waals surface area contributed by atoms with Crippen LogP contribution in [0.2, 0.25) is 0 Å². The normalized spacial score (nSPS) is 17.0. The first-order valence-electron chi connectivity index (χ1n) is 7.16. The van der Waals surface area contributed by atoms with Gasteiger partial charge in [-0.2, -0.15) is 5.10 Å². The van der Waals surface area contributed by atoms with Crippen molar-refractivity contribution in [2.75, 3.05) is 6.54 Å². The van der Waals surface area contributed by atoms with Gasteiger partial charge in [0.15, 0.2) is 0 Å². The van der Waals surface area contributed by atoms with Gasteiger partial charge in [-0.3, -0.25) is 14.9 Å². The molecule has 10 nitrogen and oxygen atoms in total. The number of carbonyl (C=O) groups excluding carboxylic acids is 1. The number of benzene rings is 1. The van der Waals surface area contributed by atoms with Crippen LogP contribution in [-0.4, -0.2) is 54.2 Å². The Bertz CT molecular complexity index is 804. The predicted octanol–water partition coefficient (Wildman–Crippen LogP) is 0.865. The molecule has 1 aliphatic rings. The summed E-state index contributed by atoms with van der Waals surface area (Å²) in [4.78, 5) is 39.4. The van der Waals surface area contributed by atoms with Crippen molar-refractivity contribution in [3.05, 3.63) is 46.5 Å². The number of aromatic nitrogens is 3. The third-order valence-electron chi connectivity index (χ3n) is 3.88. The van der Waals surface area contributed by atoms with E-state index in [2.05, 4.69) is 10.1 Å². The van der Waals surface area contributed by atoms with Crippen molar-refractivity contribution in [1.29, 1.82) is 0 Å². The van der Waals surface area contributed by atoms with Crippen LogP contribution in [0.25, 0.3) is 5.69 Å². The number of hydrogen-bond donors (Lipinski definition) is 1. The largest absolute Gasteiger partial charge is 0.480 e.